The molecule has 0 spiro atoms. The molecule has 2 aromatic rings. The zero-order valence-electron chi connectivity index (χ0n) is 16.9. The van der Waals surface area contributed by atoms with Crippen LogP contribution < -0.4 is 14.4 Å². The number of methoxy groups -OCH3 is 2. The van der Waals surface area contributed by atoms with E-state index in [0.717, 1.165) is 15.7 Å². The molecule has 0 radical (unpaired) electrons. The van der Waals surface area contributed by atoms with Crippen LogP contribution in [-0.2, 0) is 21.1 Å². The van der Waals surface area contributed by atoms with Gasteiger partial charge in [0.05, 0.1) is 38.2 Å². The Bertz CT molecular complexity index is 1130. The monoisotopic (exact) mass is 524 g/mol. The number of hydrogen-bond donors (Lipinski definition) is 0. The van der Waals surface area contributed by atoms with Gasteiger partial charge in [0.15, 0.2) is 26.5 Å². The number of nitrogens with zero attached hydrogens (tertiary/aromatic N) is 2. The zero-order valence-corrected chi connectivity index (χ0v) is 20.2. The maximum absolute atomic E-state index is 12.8. The van der Waals surface area contributed by atoms with Crippen LogP contribution in [0.2, 0.25) is 0 Å². The minimum atomic E-state index is -3.11. The second kappa shape index (κ2) is 8.84. The number of carbonyl (C=O) groups excluding carboxylic acids is 1. The Morgan fingerprint density at radius 2 is 1.84 bits per heavy atom. The average Bonchev–Trinajstić information content (AvgIpc) is 3.19. The molecule has 0 bridgehead atoms. The van der Waals surface area contributed by atoms with Crippen molar-refractivity contribution in [2.75, 3.05) is 30.6 Å². The predicted molar refractivity (Wildman–Crippen MR) is 126 cm³/mol. The van der Waals surface area contributed by atoms with E-state index >= 15 is 0 Å². The van der Waals surface area contributed by atoms with E-state index in [1.807, 2.05) is 29.2 Å². The lowest BCUT2D eigenvalue weighted by Gasteiger charge is -2.24. The van der Waals surface area contributed by atoms with Gasteiger partial charge in [0.2, 0.25) is 0 Å². The van der Waals surface area contributed by atoms with E-state index in [2.05, 4.69) is 20.9 Å². The van der Waals surface area contributed by atoms with Crippen LogP contribution >= 0.6 is 27.7 Å². The van der Waals surface area contributed by atoms with E-state index in [-0.39, 0.29) is 35.1 Å². The van der Waals surface area contributed by atoms with Gasteiger partial charge in [-0.15, -0.1) is 0 Å². The van der Waals surface area contributed by atoms with Crippen molar-refractivity contribution in [2.45, 2.75) is 17.7 Å². The van der Waals surface area contributed by atoms with Gasteiger partial charge in [-0.2, -0.15) is 4.99 Å². The lowest BCUT2D eigenvalue weighted by molar-refractivity contribution is -0.117. The minimum absolute atomic E-state index is 0.0591. The van der Waals surface area contributed by atoms with Crippen LogP contribution in [0, 0.1) is 0 Å². The molecule has 7 nitrogen and oxygen atoms in total. The maximum atomic E-state index is 12.8. The van der Waals surface area contributed by atoms with Gasteiger partial charge in [-0.3, -0.25) is 4.79 Å². The molecule has 0 saturated carbocycles. The lowest BCUT2D eigenvalue weighted by Crippen LogP contribution is -2.37. The maximum Gasteiger partial charge on any atom is 0.252 e. The Hall–Kier alpha value is -2.04. The van der Waals surface area contributed by atoms with E-state index in [4.69, 9.17) is 9.47 Å². The SMILES string of the molecule is COc1ccc(CC(=O)N=C2SC3CS(=O)(=O)CC3N2c2ccc(Br)cc2)cc1OC. The molecule has 2 saturated heterocycles. The number of halogens is 1. The van der Waals surface area contributed by atoms with Crippen LogP contribution in [0.4, 0.5) is 5.69 Å². The fourth-order valence-electron chi connectivity index (χ4n) is 3.78. The summed E-state index contributed by atoms with van der Waals surface area (Å²) in [4.78, 5) is 19.0. The van der Waals surface area contributed by atoms with Crippen molar-refractivity contribution in [1.29, 1.82) is 0 Å². The Balaban J connectivity index is 1.60. The van der Waals surface area contributed by atoms with Crippen LogP contribution in [0.3, 0.4) is 0 Å². The second-order valence-electron chi connectivity index (χ2n) is 7.30. The van der Waals surface area contributed by atoms with Crippen molar-refractivity contribution in [3.8, 4) is 11.5 Å². The van der Waals surface area contributed by atoms with Crippen molar-refractivity contribution in [2.24, 2.45) is 4.99 Å². The molecule has 4 rings (SSSR count). The van der Waals surface area contributed by atoms with Gasteiger partial charge in [0, 0.05) is 15.4 Å². The van der Waals surface area contributed by atoms with Crippen molar-refractivity contribution in [3.63, 3.8) is 0 Å². The van der Waals surface area contributed by atoms with Gasteiger partial charge < -0.3 is 14.4 Å². The number of anilines is 1. The summed E-state index contributed by atoms with van der Waals surface area (Å²) in [6.45, 7) is 0. The molecule has 164 valence electrons. The molecule has 0 aromatic heterocycles. The highest BCUT2D eigenvalue weighted by Crippen LogP contribution is 2.41. The average molecular weight is 525 g/mol. The highest BCUT2D eigenvalue weighted by Gasteiger charge is 2.49. The van der Waals surface area contributed by atoms with Crippen molar-refractivity contribution >= 4 is 54.3 Å². The molecule has 2 heterocycles. The Morgan fingerprint density at radius 3 is 2.52 bits per heavy atom. The van der Waals surface area contributed by atoms with Crippen molar-refractivity contribution in [3.05, 3.63) is 52.5 Å². The fraction of sp³-hybridized carbons (Fsp3) is 0.333. The smallest absolute Gasteiger partial charge is 0.252 e. The Labute approximate surface area is 193 Å². The predicted octanol–water partition coefficient (Wildman–Crippen LogP) is 3.31. The largest absolute Gasteiger partial charge is 0.493 e. The van der Waals surface area contributed by atoms with Crippen LogP contribution in [0.15, 0.2) is 51.9 Å². The first-order valence-corrected chi connectivity index (χ1v) is 13.0. The highest BCUT2D eigenvalue weighted by molar-refractivity contribution is 9.10. The van der Waals surface area contributed by atoms with Crippen LogP contribution in [0.5, 0.6) is 11.5 Å². The van der Waals surface area contributed by atoms with E-state index in [9.17, 15) is 13.2 Å². The summed E-state index contributed by atoms with van der Waals surface area (Å²) >= 11 is 4.78. The number of amidine groups is 1. The summed E-state index contributed by atoms with van der Waals surface area (Å²) in [5, 5.41) is 0.402. The summed E-state index contributed by atoms with van der Waals surface area (Å²) in [5.41, 5.74) is 1.57. The van der Waals surface area contributed by atoms with Crippen LogP contribution in [0.1, 0.15) is 5.56 Å². The number of aliphatic imine (C=N–C) groups is 1. The molecular formula is C21H21BrN2O5S2. The molecule has 0 aliphatic carbocycles. The number of ether oxygens (including phenoxy) is 2. The summed E-state index contributed by atoms with van der Waals surface area (Å²) in [7, 11) is -0.00810. The number of amides is 1. The number of thioether (sulfide) groups is 1. The molecule has 2 aromatic carbocycles. The summed E-state index contributed by atoms with van der Waals surface area (Å²) in [6.07, 6.45) is 0.103. The van der Waals surface area contributed by atoms with Crippen LogP contribution in [0.25, 0.3) is 0 Å². The summed E-state index contributed by atoms with van der Waals surface area (Å²) in [5.74, 6) is 0.986. The Morgan fingerprint density at radius 1 is 1.13 bits per heavy atom. The fourth-order valence-corrected chi connectivity index (χ4v) is 7.98. The second-order valence-corrected chi connectivity index (χ2v) is 11.6. The number of sulfone groups is 1. The molecular weight excluding hydrogens is 504 g/mol. The quantitative estimate of drug-likeness (QED) is 0.592. The zero-order chi connectivity index (χ0) is 22.2. The van der Waals surface area contributed by atoms with Crippen molar-refractivity contribution < 1.29 is 22.7 Å². The van der Waals surface area contributed by atoms with E-state index in [1.54, 1.807) is 32.4 Å². The van der Waals surface area contributed by atoms with Crippen molar-refractivity contribution in [1.82, 2.24) is 0 Å². The minimum Gasteiger partial charge on any atom is -0.493 e. The molecule has 2 aliphatic heterocycles. The first-order valence-electron chi connectivity index (χ1n) is 9.54. The molecule has 0 N–H and O–H groups in total. The molecule has 1 amide bonds. The third kappa shape index (κ3) is 4.75. The number of rotatable bonds is 5. The van der Waals surface area contributed by atoms with Crippen LogP contribution in [-0.4, -0.2) is 56.5 Å². The molecule has 2 fully saturated rings. The van der Waals surface area contributed by atoms with Gasteiger partial charge in [-0.1, -0.05) is 33.8 Å². The summed E-state index contributed by atoms with van der Waals surface area (Å²) in [6, 6.07) is 12.6. The normalized spacial score (nSPS) is 23.1. The third-order valence-electron chi connectivity index (χ3n) is 5.20. The van der Waals surface area contributed by atoms with Gasteiger partial charge in [0.25, 0.3) is 5.91 Å². The standard InChI is InChI=1S/C21H21BrN2O5S2/c1-28-17-8-3-13(9-18(17)29-2)10-20(25)23-21-24(15-6-4-14(22)5-7-15)16-11-31(26,27)12-19(16)30-21/h3-9,16,19H,10-12H2,1-2H3. The number of carbonyl (C=O) groups is 1. The van der Waals surface area contributed by atoms with Gasteiger partial charge in [-0.25, -0.2) is 8.42 Å². The van der Waals surface area contributed by atoms with E-state index in [0.29, 0.717) is 16.7 Å². The topological polar surface area (TPSA) is 85.3 Å². The number of benzene rings is 2. The molecule has 2 atom stereocenters. The molecule has 10 heteroatoms. The highest BCUT2D eigenvalue weighted by atomic mass is 79.9. The van der Waals surface area contributed by atoms with Gasteiger partial charge in [-0.05, 0) is 42.0 Å². The molecule has 31 heavy (non-hydrogen) atoms. The third-order valence-corrected chi connectivity index (χ3v) is 8.93. The van der Waals surface area contributed by atoms with E-state index in [1.165, 1.54) is 11.8 Å². The summed E-state index contributed by atoms with van der Waals surface area (Å²) < 4.78 is 35.8. The molecule has 2 unspecified atom stereocenters. The number of hydrogen-bond acceptors (Lipinski definition) is 6. The first kappa shape index (κ1) is 22.2. The van der Waals surface area contributed by atoms with E-state index < -0.39 is 9.84 Å². The lowest BCUT2D eigenvalue weighted by atomic mass is 10.1. The molecule has 2 aliphatic rings. The first-order chi connectivity index (χ1) is 14.8. The van der Waals surface area contributed by atoms with Gasteiger partial charge in [0.1, 0.15) is 0 Å². The number of fused-ring (bicyclic) bond motifs is 1. The Kier molecular flexibility index (Phi) is 6.32. The van der Waals surface area contributed by atoms with Gasteiger partial charge >= 0.3 is 0 Å².